The van der Waals surface area contributed by atoms with E-state index in [0.29, 0.717) is 22.0 Å². The van der Waals surface area contributed by atoms with E-state index in [4.69, 9.17) is 23.2 Å². The molecule has 2 bridgehead atoms. The Bertz CT molecular complexity index is 717. The molecule has 1 aromatic rings. The highest BCUT2D eigenvalue weighted by atomic mass is 35.5. The fourth-order valence-electron chi connectivity index (χ4n) is 4.37. The molecule has 4 rings (SSSR count). The first-order valence-corrected chi connectivity index (χ1v) is 9.24. The Morgan fingerprint density at radius 2 is 2.17 bits per heavy atom. The van der Waals surface area contributed by atoms with Crippen LogP contribution < -0.4 is 5.32 Å². The van der Waals surface area contributed by atoms with Crippen LogP contribution in [0.25, 0.3) is 0 Å². The topological polar surface area (TPSA) is 56.1 Å². The SMILES string of the molecule is N#CN1[C@H]2CC[C@@H]1[C@H](NC(=O)[C@H]1C[C@H]1Cc1cc(Cl)ccc1Cl)C2. The van der Waals surface area contributed by atoms with Crippen molar-refractivity contribution in [2.75, 3.05) is 0 Å². The van der Waals surface area contributed by atoms with Crippen LogP contribution in [0.1, 0.15) is 31.2 Å². The standard InChI is InChI=1S/C18H19Cl2N3O/c19-12-1-3-15(20)11(6-12)5-10-7-14(10)18(24)22-16-8-13-2-4-17(16)23(13)9-21/h1,3,6,10,13-14,16-17H,2,4-5,7-8H2,(H,22,24)/t10-,13+,14+,16-,17-/m1/s1. The monoisotopic (exact) mass is 363 g/mol. The van der Waals surface area contributed by atoms with Crippen molar-refractivity contribution in [1.29, 1.82) is 5.26 Å². The number of rotatable bonds is 4. The van der Waals surface area contributed by atoms with Crippen molar-refractivity contribution in [3.8, 4) is 6.19 Å². The summed E-state index contributed by atoms with van der Waals surface area (Å²) >= 11 is 12.2. The fraction of sp³-hybridized carbons (Fsp3) is 0.556. The minimum Gasteiger partial charge on any atom is -0.351 e. The van der Waals surface area contributed by atoms with Gasteiger partial charge in [-0.25, -0.2) is 0 Å². The normalized spacial score (nSPS) is 33.4. The quantitative estimate of drug-likeness (QED) is 0.834. The highest BCUT2D eigenvalue weighted by Crippen LogP contribution is 2.43. The van der Waals surface area contributed by atoms with E-state index in [-0.39, 0.29) is 23.9 Å². The van der Waals surface area contributed by atoms with E-state index in [1.807, 2.05) is 17.0 Å². The first-order valence-electron chi connectivity index (χ1n) is 8.49. The first-order chi connectivity index (χ1) is 11.6. The van der Waals surface area contributed by atoms with Crippen molar-refractivity contribution in [3.05, 3.63) is 33.8 Å². The van der Waals surface area contributed by atoms with Gasteiger partial charge in [-0.1, -0.05) is 23.2 Å². The zero-order valence-electron chi connectivity index (χ0n) is 13.2. The minimum absolute atomic E-state index is 0.0645. The van der Waals surface area contributed by atoms with Crippen molar-refractivity contribution in [1.82, 2.24) is 10.2 Å². The van der Waals surface area contributed by atoms with E-state index in [1.165, 1.54) is 0 Å². The molecule has 3 fully saturated rings. The summed E-state index contributed by atoms with van der Waals surface area (Å²) in [7, 11) is 0. The van der Waals surface area contributed by atoms with Crippen molar-refractivity contribution in [3.63, 3.8) is 0 Å². The van der Waals surface area contributed by atoms with E-state index in [0.717, 1.165) is 37.7 Å². The average Bonchev–Trinajstić information content (AvgIpc) is 3.11. The molecule has 1 aliphatic carbocycles. The Hall–Kier alpha value is -1.44. The van der Waals surface area contributed by atoms with Gasteiger partial charge < -0.3 is 10.2 Å². The number of amides is 1. The Morgan fingerprint density at radius 3 is 2.92 bits per heavy atom. The predicted molar refractivity (Wildman–Crippen MR) is 92.6 cm³/mol. The number of fused-ring (bicyclic) bond motifs is 2. The van der Waals surface area contributed by atoms with E-state index in [2.05, 4.69) is 11.5 Å². The van der Waals surface area contributed by atoms with Crippen LogP contribution >= 0.6 is 23.2 Å². The molecular formula is C18H19Cl2N3O. The molecule has 24 heavy (non-hydrogen) atoms. The number of halogens is 2. The number of hydrogen-bond donors (Lipinski definition) is 1. The summed E-state index contributed by atoms with van der Waals surface area (Å²) in [6.07, 6.45) is 6.96. The molecule has 0 aromatic heterocycles. The summed E-state index contributed by atoms with van der Waals surface area (Å²) < 4.78 is 0. The Labute approximate surface area is 151 Å². The number of nitriles is 1. The molecule has 0 radical (unpaired) electrons. The van der Waals surface area contributed by atoms with Gasteiger partial charge in [0.15, 0.2) is 6.19 Å². The first kappa shape index (κ1) is 16.1. The largest absolute Gasteiger partial charge is 0.351 e. The zero-order chi connectivity index (χ0) is 16.8. The van der Waals surface area contributed by atoms with Crippen LogP contribution in [-0.2, 0) is 11.2 Å². The van der Waals surface area contributed by atoms with Crippen LogP contribution in [0.3, 0.4) is 0 Å². The third kappa shape index (κ3) is 2.85. The molecule has 0 unspecified atom stereocenters. The van der Waals surface area contributed by atoms with Gasteiger partial charge in [-0.05, 0) is 61.8 Å². The number of benzene rings is 1. The number of nitrogens with one attached hydrogen (secondary N) is 1. The summed E-state index contributed by atoms with van der Waals surface area (Å²) in [5.74, 6) is 0.537. The lowest BCUT2D eigenvalue weighted by Crippen LogP contribution is -2.44. The molecule has 2 aliphatic heterocycles. The summed E-state index contributed by atoms with van der Waals surface area (Å²) in [5, 5.41) is 13.8. The lowest BCUT2D eigenvalue weighted by molar-refractivity contribution is -0.123. The van der Waals surface area contributed by atoms with Crippen molar-refractivity contribution in [2.24, 2.45) is 11.8 Å². The van der Waals surface area contributed by atoms with Crippen LogP contribution in [0, 0.1) is 23.3 Å². The Balaban J connectivity index is 1.33. The lowest BCUT2D eigenvalue weighted by Gasteiger charge is -2.22. The van der Waals surface area contributed by atoms with Crippen LogP contribution in [0.2, 0.25) is 10.0 Å². The molecule has 4 nitrogen and oxygen atoms in total. The summed E-state index contributed by atoms with van der Waals surface area (Å²) in [4.78, 5) is 14.4. The van der Waals surface area contributed by atoms with Gasteiger partial charge in [0, 0.05) is 22.0 Å². The predicted octanol–water partition coefficient (Wildman–Crippen LogP) is 3.37. The van der Waals surface area contributed by atoms with Gasteiger partial charge >= 0.3 is 0 Å². The number of carbonyl (C=O) groups is 1. The Kier molecular flexibility index (Phi) is 4.10. The van der Waals surface area contributed by atoms with E-state index < -0.39 is 0 Å². The fourth-order valence-corrected chi connectivity index (χ4v) is 4.76. The molecule has 1 aromatic carbocycles. The van der Waals surface area contributed by atoms with Crippen molar-refractivity contribution in [2.45, 2.75) is 50.2 Å². The maximum atomic E-state index is 12.5. The van der Waals surface area contributed by atoms with Gasteiger partial charge in [0.05, 0.1) is 12.1 Å². The molecule has 1 saturated carbocycles. The molecule has 126 valence electrons. The molecular weight excluding hydrogens is 345 g/mol. The van der Waals surface area contributed by atoms with E-state index in [1.54, 1.807) is 6.07 Å². The number of nitrogens with zero attached hydrogens (tertiary/aromatic N) is 2. The van der Waals surface area contributed by atoms with Gasteiger partial charge in [-0.15, -0.1) is 0 Å². The number of hydrogen-bond acceptors (Lipinski definition) is 3. The summed E-state index contributed by atoms with van der Waals surface area (Å²) in [6, 6.07) is 6.13. The smallest absolute Gasteiger partial charge is 0.223 e. The van der Waals surface area contributed by atoms with Gasteiger partial charge in [0.1, 0.15) is 0 Å². The third-order valence-corrected chi connectivity index (χ3v) is 6.33. The molecule has 2 saturated heterocycles. The summed E-state index contributed by atoms with van der Waals surface area (Å²) in [5.41, 5.74) is 1.01. The van der Waals surface area contributed by atoms with Gasteiger partial charge in [0.25, 0.3) is 0 Å². The second kappa shape index (κ2) is 6.13. The molecule has 5 atom stereocenters. The average molecular weight is 364 g/mol. The second-order valence-corrected chi connectivity index (χ2v) is 8.04. The molecule has 0 spiro atoms. The van der Waals surface area contributed by atoms with Crippen LogP contribution in [0.15, 0.2) is 18.2 Å². The van der Waals surface area contributed by atoms with Crippen LogP contribution in [0.5, 0.6) is 0 Å². The Morgan fingerprint density at radius 1 is 1.33 bits per heavy atom. The maximum Gasteiger partial charge on any atom is 0.223 e. The number of carbonyl (C=O) groups excluding carboxylic acids is 1. The minimum atomic E-state index is 0.0645. The highest BCUT2D eigenvalue weighted by molar-refractivity contribution is 6.33. The maximum absolute atomic E-state index is 12.5. The second-order valence-electron chi connectivity index (χ2n) is 7.20. The van der Waals surface area contributed by atoms with Crippen molar-refractivity contribution >= 4 is 29.1 Å². The van der Waals surface area contributed by atoms with Gasteiger partial charge in [-0.3, -0.25) is 4.79 Å². The molecule has 1 amide bonds. The lowest BCUT2D eigenvalue weighted by atomic mass is 9.95. The zero-order valence-corrected chi connectivity index (χ0v) is 14.7. The molecule has 6 heteroatoms. The summed E-state index contributed by atoms with van der Waals surface area (Å²) in [6.45, 7) is 0. The van der Waals surface area contributed by atoms with Gasteiger partial charge in [0.2, 0.25) is 5.91 Å². The van der Waals surface area contributed by atoms with E-state index in [9.17, 15) is 10.1 Å². The van der Waals surface area contributed by atoms with Gasteiger partial charge in [-0.2, -0.15) is 5.26 Å². The molecule has 3 aliphatic rings. The third-order valence-electron chi connectivity index (χ3n) is 5.73. The molecule has 1 N–H and O–H groups in total. The van der Waals surface area contributed by atoms with Crippen LogP contribution in [-0.4, -0.2) is 28.9 Å². The van der Waals surface area contributed by atoms with E-state index >= 15 is 0 Å². The molecule has 2 heterocycles. The van der Waals surface area contributed by atoms with Crippen molar-refractivity contribution < 1.29 is 4.79 Å². The highest BCUT2D eigenvalue weighted by Gasteiger charge is 2.49. The van der Waals surface area contributed by atoms with Crippen LogP contribution in [0.4, 0.5) is 0 Å².